The highest BCUT2D eigenvalue weighted by Crippen LogP contribution is 2.16. The molecular weight excluding hydrogens is 400 g/mol. The van der Waals surface area contributed by atoms with Crippen LogP contribution in [0, 0.1) is 0 Å². The SMILES string of the molecule is O=C(NC(C(=O)OCCCn1c(=O)oc2ccccc21)c1ccccc1)c1ccco1. The van der Waals surface area contributed by atoms with Gasteiger partial charge in [-0.1, -0.05) is 42.5 Å². The summed E-state index contributed by atoms with van der Waals surface area (Å²) in [7, 11) is 0. The zero-order valence-electron chi connectivity index (χ0n) is 16.5. The maximum atomic E-state index is 12.7. The van der Waals surface area contributed by atoms with Crippen LogP contribution in [0.1, 0.15) is 28.6 Å². The third-order valence-electron chi connectivity index (χ3n) is 4.73. The summed E-state index contributed by atoms with van der Waals surface area (Å²) in [4.78, 5) is 37.1. The van der Waals surface area contributed by atoms with Gasteiger partial charge in [0.1, 0.15) is 0 Å². The van der Waals surface area contributed by atoms with Crippen molar-refractivity contribution in [2.24, 2.45) is 0 Å². The van der Waals surface area contributed by atoms with Crippen LogP contribution in [0.5, 0.6) is 0 Å². The van der Waals surface area contributed by atoms with Crippen molar-refractivity contribution in [2.45, 2.75) is 19.0 Å². The van der Waals surface area contributed by atoms with E-state index in [4.69, 9.17) is 13.6 Å². The number of furan rings is 1. The molecule has 0 aliphatic heterocycles. The lowest BCUT2D eigenvalue weighted by molar-refractivity contribution is -0.146. The minimum atomic E-state index is -0.990. The highest BCUT2D eigenvalue weighted by molar-refractivity contribution is 5.94. The average molecular weight is 420 g/mol. The summed E-state index contributed by atoms with van der Waals surface area (Å²) in [5.74, 6) is -1.48. The van der Waals surface area contributed by atoms with Crippen molar-refractivity contribution in [3.05, 3.63) is 94.9 Å². The molecule has 31 heavy (non-hydrogen) atoms. The lowest BCUT2D eigenvalue weighted by Crippen LogP contribution is -2.35. The van der Waals surface area contributed by atoms with Crippen molar-refractivity contribution in [1.82, 2.24) is 9.88 Å². The van der Waals surface area contributed by atoms with Crippen molar-refractivity contribution in [1.29, 1.82) is 0 Å². The molecule has 2 aromatic heterocycles. The average Bonchev–Trinajstić information content (AvgIpc) is 3.43. The molecule has 1 unspecified atom stereocenters. The second-order valence-electron chi connectivity index (χ2n) is 6.80. The fourth-order valence-corrected chi connectivity index (χ4v) is 3.24. The van der Waals surface area contributed by atoms with Gasteiger partial charge in [-0.25, -0.2) is 9.59 Å². The van der Waals surface area contributed by atoms with Crippen LogP contribution in [-0.2, 0) is 16.1 Å². The first-order chi connectivity index (χ1) is 15.1. The summed E-state index contributed by atoms with van der Waals surface area (Å²) in [5.41, 5.74) is 1.78. The van der Waals surface area contributed by atoms with E-state index in [-0.39, 0.29) is 12.4 Å². The predicted molar refractivity (Wildman–Crippen MR) is 111 cm³/mol. The quantitative estimate of drug-likeness (QED) is 0.347. The molecule has 4 aromatic rings. The Morgan fingerprint density at radius 2 is 1.77 bits per heavy atom. The number of esters is 1. The number of fused-ring (bicyclic) bond motifs is 1. The molecule has 0 bridgehead atoms. The van der Waals surface area contributed by atoms with E-state index in [2.05, 4.69) is 5.32 Å². The first-order valence-electron chi connectivity index (χ1n) is 9.78. The Hall–Kier alpha value is -4.07. The van der Waals surface area contributed by atoms with Gasteiger partial charge in [0, 0.05) is 6.54 Å². The number of amides is 1. The third kappa shape index (κ3) is 4.58. The van der Waals surface area contributed by atoms with Crippen LogP contribution in [0.2, 0.25) is 0 Å². The van der Waals surface area contributed by atoms with Crippen molar-refractivity contribution in [3.8, 4) is 0 Å². The Balaban J connectivity index is 1.39. The standard InChI is InChI=1S/C23H20N2O6/c26-21(19-12-6-14-29-19)24-20(16-8-2-1-3-9-16)22(27)30-15-7-13-25-17-10-4-5-11-18(17)31-23(25)28/h1-6,8-12,14,20H,7,13,15H2,(H,24,26). The van der Waals surface area contributed by atoms with E-state index in [1.54, 1.807) is 48.5 Å². The lowest BCUT2D eigenvalue weighted by Gasteiger charge is -2.17. The first-order valence-corrected chi connectivity index (χ1v) is 9.78. The van der Waals surface area contributed by atoms with E-state index >= 15 is 0 Å². The number of rotatable bonds is 8. The van der Waals surface area contributed by atoms with Crippen molar-refractivity contribution in [3.63, 3.8) is 0 Å². The number of para-hydroxylation sites is 2. The summed E-state index contributed by atoms with van der Waals surface area (Å²) in [5, 5.41) is 2.65. The van der Waals surface area contributed by atoms with Crippen LogP contribution in [0.4, 0.5) is 0 Å². The molecule has 0 radical (unpaired) electrons. The van der Waals surface area contributed by atoms with Gasteiger partial charge in [-0.3, -0.25) is 9.36 Å². The number of nitrogens with zero attached hydrogens (tertiary/aromatic N) is 1. The van der Waals surface area contributed by atoms with Crippen LogP contribution in [0.3, 0.4) is 0 Å². The zero-order valence-corrected chi connectivity index (χ0v) is 16.5. The molecule has 0 fully saturated rings. The molecule has 1 amide bonds. The molecule has 4 rings (SSSR count). The summed E-state index contributed by atoms with van der Waals surface area (Å²) in [6.07, 6.45) is 1.79. The van der Waals surface area contributed by atoms with Gasteiger partial charge in [-0.2, -0.15) is 0 Å². The van der Waals surface area contributed by atoms with Crippen LogP contribution in [-0.4, -0.2) is 23.1 Å². The molecule has 0 aliphatic rings. The van der Waals surface area contributed by atoms with E-state index in [9.17, 15) is 14.4 Å². The molecule has 0 spiro atoms. The fraction of sp³-hybridized carbons (Fsp3) is 0.174. The molecule has 0 saturated heterocycles. The smallest absolute Gasteiger partial charge is 0.419 e. The fourth-order valence-electron chi connectivity index (χ4n) is 3.24. The van der Waals surface area contributed by atoms with Gasteiger partial charge in [0.2, 0.25) is 0 Å². The molecule has 0 saturated carbocycles. The Morgan fingerprint density at radius 3 is 2.55 bits per heavy atom. The number of nitrogens with one attached hydrogen (secondary N) is 1. The van der Waals surface area contributed by atoms with Gasteiger partial charge >= 0.3 is 11.7 Å². The van der Waals surface area contributed by atoms with E-state index in [0.29, 0.717) is 29.6 Å². The maximum absolute atomic E-state index is 12.7. The number of aromatic nitrogens is 1. The Labute approximate surface area is 177 Å². The van der Waals surface area contributed by atoms with Gasteiger partial charge in [0.25, 0.3) is 5.91 Å². The summed E-state index contributed by atoms with van der Waals surface area (Å²) < 4.78 is 17.2. The van der Waals surface area contributed by atoms with Crippen LogP contribution >= 0.6 is 0 Å². The number of oxazole rings is 1. The first kappa shape index (κ1) is 20.2. The van der Waals surface area contributed by atoms with Crippen molar-refractivity contribution in [2.75, 3.05) is 6.61 Å². The van der Waals surface area contributed by atoms with E-state index < -0.39 is 23.7 Å². The number of ether oxygens (including phenoxy) is 1. The predicted octanol–water partition coefficient (Wildman–Crippen LogP) is 3.29. The number of aryl methyl sites for hydroxylation is 1. The second kappa shape index (κ2) is 9.17. The molecule has 0 aliphatic carbocycles. The molecule has 2 aromatic carbocycles. The minimum absolute atomic E-state index is 0.0741. The molecule has 158 valence electrons. The van der Waals surface area contributed by atoms with Crippen LogP contribution in [0.15, 0.2) is 86.6 Å². The lowest BCUT2D eigenvalue weighted by atomic mass is 10.1. The molecule has 1 atom stereocenters. The second-order valence-corrected chi connectivity index (χ2v) is 6.80. The van der Waals surface area contributed by atoms with Crippen molar-refractivity contribution >= 4 is 23.0 Å². The summed E-state index contributed by atoms with van der Waals surface area (Å²) in [6, 6.07) is 18.0. The monoisotopic (exact) mass is 420 g/mol. The van der Waals surface area contributed by atoms with E-state index in [0.717, 1.165) is 0 Å². The molecule has 8 heteroatoms. The van der Waals surface area contributed by atoms with Gasteiger partial charge < -0.3 is 18.9 Å². The third-order valence-corrected chi connectivity index (χ3v) is 4.73. The Bertz CT molecular complexity index is 1220. The van der Waals surface area contributed by atoms with Crippen LogP contribution < -0.4 is 11.1 Å². The Kier molecular flexibility index (Phi) is 5.98. The highest BCUT2D eigenvalue weighted by atomic mass is 16.5. The van der Waals surface area contributed by atoms with Gasteiger partial charge in [0.15, 0.2) is 17.4 Å². The van der Waals surface area contributed by atoms with Gasteiger partial charge in [0.05, 0.1) is 18.4 Å². The molecule has 1 N–H and O–H groups in total. The summed E-state index contributed by atoms with van der Waals surface area (Å²) in [6.45, 7) is 0.405. The number of carbonyl (C=O) groups is 2. The normalized spacial score (nSPS) is 11.9. The number of hydrogen-bond donors (Lipinski definition) is 1. The largest absolute Gasteiger partial charge is 0.464 e. The molecule has 8 nitrogen and oxygen atoms in total. The van der Waals surface area contributed by atoms with E-state index in [1.165, 1.54) is 16.9 Å². The highest BCUT2D eigenvalue weighted by Gasteiger charge is 2.25. The number of hydrogen-bond acceptors (Lipinski definition) is 6. The van der Waals surface area contributed by atoms with Gasteiger partial charge in [-0.15, -0.1) is 0 Å². The number of carbonyl (C=O) groups excluding carboxylic acids is 2. The molecular formula is C23H20N2O6. The minimum Gasteiger partial charge on any atom is -0.464 e. The Morgan fingerprint density at radius 1 is 1.00 bits per heavy atom. The van der Waals surface area contributed by atoms with Crippen LogP contribution in [0.25, 0.3) is 11.1 Å². The number of benzene rings is 2. The zero-order chi connectivity index (χ0) is 21.6. The molecule has 2 heterocycles. The van der Waals surface area contributed by atoms with Crippen molar-refractivity contribution < 1.29 is 23.2 Å². The van der Waals surface area contributed by atoms with E-state index in [1.807, 2.05) is 12.1 Å². The topological polar surface area (TPSA) is 104 Å². The summed E-state index contributed by atoms with van der Waals surface area (Å²) >= 11 is 0. The maximum Gasteiger partial charge on any atom is 0.419 e. The van der Waals surface area contributed by atoms with Gasteiger partial charge in [-0.05, 0) is 36.2 Å².